The van der Waals surface area contributed by atoms with Crippen LogP contribution in [0.25, 0.3) is 5.65 Å². The van der Waals surface area contributed by atoms with Gasteiger partial charge in [0.15, 0.2) is 5.65 Å². The van der Waals surface area contributed by atoms with E-state index < -0.39 is 39.3 Å². The lowest BCUT2D eigenvalue weighted by atomic mass is 9.70. The van der Waals surface area contributed by atoms with Gasteiger partial charge in [-0.2, -0.15) is 22.7 Å². The predicted molar refractivity (Wildman–Crippen MR) is 166 cm³/mol. The van der Waals surface area contributed by atoms with Gasteiger partial charge in [-0.25, -0.2) is 13.4 Å². The van der Waals surface area contributed by atoms with Gasteiger partial charge in [-0.3, -0.25) is 14.2 Å². The molecule has 1 unspecified atom stereocenters. The number of aromatic nitrogens is 5. The number of anilines is 1. The molecule has 0 bridgehead atoms. The molecule has 1 fully saturated rings. The van der Waals surface area contributed by atoms with E-state index in [1.807, 2.05) is 11.0 Å². The highest BCUT2D eigenvalue weighted by Crippen LogP contribution is 2.44. The number of piperidine rings is 1. The largest absolute Gasteiger partial charge is 0.481 e. The van der Waals surface area contributed by atoms with E-state index in [9.17, 15) is 36.8 Å². The molecule has 6 rings (SSSR count). The molecule has 2 aliphatic heterocycles. The number of nitriles is 1. The Kier molecular flexibility index (Phi) is 8.19. The fourth-order valence-electron chi connectivity index (χ4n) is 6.81. The summed E-state index contributed by atoms with van der Waals surface area (Å²) in [4.78, 5) is 23.6. The van der Waals surface area contributed by atoms with Gasteiger partial charge in [0.1, 0.15) is 16.8 Å². The number of aliphatic carboxylic acids is 1. The zero-order valence-electron chi connectivity index (χ0n) is 26.7. The summed E-state index contributed by atoms with van der Waals surface area (Å²) < 4.78 is 71.4. The molecule has 6 heterocycles. The van der Waals surface area contributed by atoms with Gasteiger partial charge in [-0.1, -0.05) is 6.07 Å². The highest BCUT2D eigenvalue weighted by Gasteiger charge is 2.43. The number of nitrogens with zero attached hydrogens (tertiary/aromatic N) is 8. The molecule has 0 aromatic carbocycles. The zero-order valence-corrected chi connectivity index (χ0v) is 27.5. The Hall–Kier alpha value is -4.62. The summed E-state index contributed by atoms with van der Waals surface area (Å²) in [6.45, 7) is 7.02. The molecule has 48 heavy (non-hydrogen) atoms. The van der Waals surface area contributed by atoms with Crippen LogP contribution in [0.5, 0.6) is 0 Å². The number of hydrogen-bond donors (Lipinski definition) is 1. The Morgan fingerprint density at radius 2 is 1.90 bits per heavy atom. The molecule has 4 aromatic heterocycles. The van der Waals surface area contributed by atoms with E-state index in [1.165, 1.54) is 48.9 Å². The Bertz CT molecular complexity index is 2090. The molecular weight excluding hydrogens is 649 g/mol. The van der Waals surface area contributed by atoms with Crippen LogP contribution in [0.1, 0.15) is 78.4 Å². The SMILES string of the molecule is Cc1ncc([C@@H](c2ccn3c(C(F)(F)F)nnc3c2C)C(C)(C)C(=O)O)cc1CN1CC2CCCCN2c2ncc(C#N)cc2S1(=O)=O. The van der Waals surface area contributed by atoms with Gasteiger partial charge < -0.3 is 10.0 Å². The second kappa shape index (κ2) is 11.8. The van der Waals surface area contributed by atoms with Gasteiger partial charge in [-0.05, 0) is 81.3 Å². The molecule has 4 aromatic rings. The van der Waals surface area contributed by atoms with Gasteiger partial charge in [0.25, 0.3) is 0 Å². The fourth-order valence-corrected chi connectivity index (χ4v) is 8.44. The summed E-state index contributed by atoms with van der Waals surface area (Å²) >= 11 is 0. The van der Waals surface area contributed by atoms with Crippen LogP contribution in [0.4, 0.5) is 19.0 Å². The van der Waals surface area contributed by atoms with Crippen molar-refractivity contribution in [3.63, 3.8) is 0 Å². The molecule has 0 amide bonds. The number of hydrogen-bond acceptors (Lipinski definition) is 9. The molecule has 252 valence electrons. The van der Waals surface area contributed by atoms with E-state index in [1.54, 1.807) is 19.9 Å². The van der Waals surface area contributed by atoms with Crippen molar-refractivity contribution >= 4 is 27.5 Å². The summed E-state index contributed by atoms with van der Waals surface area (Å²) in [6.07, 6.45) is 1.86. The average molecular weight is 683 g/mol. The van der Waals surface area contributed by atoms with Gasteiger partial charge in [0.05, 0.1) is 11.0 Å². The first-order valence-corrected chi connectivity index (χ1v) is 16.8. The number of carboxylic acid groups (broad SMARTS) is 1. The van der Waals surface area contributed by atoms with Crippen LogP contribution in [-0.4, -0.2) is 67.5 Å². The summed E-state index contributed by atoms with van der Waals surface area (Å²) in [5.74, 6) is -2.96. The van der Waals surface area contributed by atoms with Gasteiger partial charge in [0, 0.05) is 55.9 Å². The molecule has 0 saturated carbocycles. The minimum Gasteiger partial charge on any atom is -0.481 e. The fraction of sp³-hybridized carbons (Fsp3) is 0.438. The standard InChI is InChI=1S/C32H33F3N8O4S/c1-18-24(8-10-43-27(18)39-40-29(43)32(33,34)35)26(31(3,4)30(44)45)21-12-22(19(2)37-15-21)16-41-17-23-7-5-6-9-42(23)28-25(48(41,46)47)11-20(13-36)14-38-28/h8,10-12,14-15,23,26H,5-7,9,16-17H2,1-4H3,(H,44,45)/t23?,26-/m0/s1. The number of carboxylic acids is 1. The minimum atomic E-state index is -4.75. The normalized spacial score (nSPS) is 18.9. The molecule has 0 radical (unpaired) electrons. The van der Waals surface area contributed by atoms with Crippen LogP contribution >= 0.6 is 0 Å². The zero-order chi connectivity index (χ0) is 34.8. The minimum absolute atomic E-state index is 0.0481. The first-order chi connectivity index (χ1) is 22.5. The van der Waals surface area contributed by atoms with Crippen LogP contribution in [0.2, 0.25) is 0 Å². The van der Waals surface area contributed by atoms with Crippen LogP contribution in [0.3, 0.4) is 0 Å². The maximum absolute atomic E-state index is 14.2. The number of pyridine rings is 3. The predicted octanol–water partition coefficient (Wildman–Crippen LogP) is 4.83. The third-order valence-corrected chi connectivity index (χ3v) is 11.3. The van der Waals surface area contributed by atoms with Crippen molar-refractivity contribution in [2.75, 3.05) is 18.0 Å². The molecular formula is C32H33F3N8O4S. The highest BCUT2D eigenvalue weighted by molar-refractivity contribution is 7.89. The van der Waals surface area contributed by atoms with Crippen LogP contribution < -0.4 is 4.90 Å². The number of fused-ring (bicyclic) bond motifs is 4. The first kappa shape index (κ1) is 33.3. The van der Waals surface area contributed by atoms with Crippen molar-refractivity contribution in [2.24, 2.45) is 5.41 Å². The lowest BCUT2D eigenvalue weighted by molar-refractivity contribution is -0.147. The number of halogens is 3. The summed E-state index contributed by atoms with van der Waals surface area (Å²) in [5, 5.41) is 27.0. The molecule has 12 nitrogen and oxygen atoms in total. The van der Waals surface area contributed by atoms with E-state index in [0.29, 0.717) is 40.3 Å². The Labute approximate surface area is 274 Å². The van der Waals surface area contributed by atoms with Gasteiger partial charge in [-0.15, -0.1) is 10.2 Å². The number of aryl methyl sites for hydroxylation is 2. The number of alkyl halides is 3. The molecule has 1 saturated heterocycles. The second-order valence-corrected chi connectivity index (χ2v) is 14.8. The van der Waals surface area contributed by atoms with Crippen LogP contribution in [-0.2, 0) is 27.5 Å². The molecule has 1 N–H and O–H groups in total. The number of sulfonamides is 1. The smallest absolute Gasteiger partial charge is 0.452 e. The third kappa shape index (κ3) is 5.54. The van der Waals surface area contributed by atoms with Crippen molar-refractivity contribution in [3.8, 4) is 6.07 Å². The van der Waals surface area contributed by atoms with E-state index in [0.717, 1.165) is 23.7 Å². The molecule has 2 aliphatic rings. The van der Waals surface area contributed by atoms with Crippen LogP contribution in [0.15, 0.2) is 41.7 Å². The summed E-state index contributed by atoms with van der Waals surface area (Å²) in [7, 11) is -4.15. The van der Waals surface area contributed by atoms with Gasteiger partial charge in [0.2, 0.25) is 15.8 Å². The quantitative estimate of drug-likeness (QED) is 0.299. The van der Waals surface area contributed by atoms with Crippen molar-refractivity contribution in [1.82, 2.24) is 28.9 Å². The molecule has 0 spiro atoms. The maximum atomic E-state index is 14.2. The van der Waals surface area contributed by atoms with Crippen molar-refractivity contribution in [3.05, 3.63) is 76.1 Å². The topological polar surface area (TPSA) is 158 Å². The van der Waals surface area contributed by atoms with Crippen LogP contribution in [0, 0.1) is 30.6 Å². The lowest BCUT2D eigenvalue weighted by Gasteiger charge is -2.36. The Morgan fingerprint density at radius 3 is 2.58 bits per heavy atom. The third-order valence-electron chi connectivity index (χ3n) is 9.49. The van der Waals surface area contributed by atoms with E-state index in [-0.39, 0.29) is 35.2 Å². The van der Waals surface area contributed by atoms with Crippen molar-refractivity contribution < 1.29 is 31.5 Å². The van der Waals surface area contributed by atoms with Gasteiger partial charge >= 0.3 is 12.1 Å². The molecule has 16 heteroatoms. The van der Waals surface area contributed by atoms with Crippen molar-refractivity contribution in [1.29, 1.82) is 5.26 Å². The Balaban J connectivity index is 1.46. The van der Waals surface area contributed by atoms with E-state index in [2.05, 4.69) is 20.2 Å². The maximum Gasteiger partial charge on any atom is 0.452 e. The van der Waals surface area contributed by atoms with Crippen molar-refractivity contribution in [2.45, 2.75) is 76.5 Å². The summed E-state index contributed by atoms with van der Waals surface area (Å²) in [5.41, 5.74) is 0.777. The van der Waals surface area contributed by atoms with E-state index in [4.69, 9.17) is 0 Å². The number of rotatable bonds is 6. The lowest BCUT2D eigenvalue weighted by Crippen LogP contribution is -2.45. The summed E-state index contributed by atoms with van der Waals surface area (Å²) in [6, 6.07) is 6.33. The monoisotopic (exact) mass is 682 g/mol. The second-order valence-electron chi connectivity index (χ2n) is 12.9. The average Bonchev–Trinajstić information content (AvgIpc) is 3.46. The molecule has 0 aliphatic carbocycles. The van der Waals surface area contributed by atoms with E-state index >= 15 is 0 Å². The first-order valence-electron chi connectivity index (χ1n) is 15.3. The Morgan fingerprint density at radius 1 is 1.15 bits per heavy atom. The number of carbonyl (C=O) groups is 1. The highest BCUT2D eigenvalue weighted by atomic mass is 32.2. The molecule has 2 atom stereocenters.